The zero-order chi connectivity index (χ0) is 17.4. The Bertz CT molecular complexity index is 562. The molecule has 7 heteroatoms. The number of halogens is 1. The zero-order valence-corrected chi connectivity index (χ0v) is 14.0. The van der Waals surface area contributed by atoms with E-state index in [1.807, 2.05) is 7.05 Å². The fourth-order valence-corrected chi connectivity index (χ4v) is 2.62. The lowest BCUT2D eigenvalue weighted by Crippen LogP contribution is -3.11. The Hall–Kier alpha value is -1.99. The van der Waals surface area contributed by atoms with Gasteiger partial charge < -0.3 is 19.9 Å². The van der Waals surface area contributed by atoms with E-state index in [0.29, 0.717) is 44.8 Å². The number of nitrogens with one attached hydrogen (secondary N) is 2. The number of hydrogen-bond donors (Lipinski definition) is 2. The standard InChI is InChI=1S/C17H24FN3O3/c1-20(13-17(23)21-8-10-24-11-9-21)12-16(22)19-7-6-14-4-2-3-5-15(14)18/h2-5H,6-13H2,1H3,(H,19,22)/p+1. The van der Waals surface area contributed by atoms with E-state index in [9.17, 15) is 14.0 Å². The molecule has 24 heavy (non-hydrogen) atoms. The molecule has 2 N–H and O–H groups in total. The monoisotopic (exact) mass is 338 g/mol. The maximum atomic E-state index is 13.5. The number of morpholine rings is 1. The fraction of sp³-hybridized carbons (Fsp3) is 0.529. The molecular weight excluding hydrogens is 313 g/mol. The molecule has 0 spiro atoms. The van der Waals surface area contributed by atoms with Gasteiger partial charge in [-0.3, -0.25) is 9.59 Å². The number of amides is 2. The second-order valence-corrected chi connectivity index (χ2v) is 6.00. The van der Waals surface area contributed by atoms with Crippen molar-refractivity contribution in [1.29, 1.82) is 0 Å². The first kappa shape index (κ1) is 18.4. The number of benzene rings is 1. The van der Waals surface area contributed by atoms with Gasteiger partial charge in [-0.25, -0.2) is 4.39 Å². The first-order chi connectivity index (χ1) is 11.6. The number of rotatable bonds is 7. The van der Waals surface area contributed by atoms with E-state index in [1.165, 1.54) is 6.07 Å². The summed E-state index contributed by atoms with van der Waals surface area (Å²) in [6.45, 7) is 3.24. The van der Waals surface area contributed by atoms with Gasteiger partial charge in [-0.15, -0.1) is 0 Å². The van der Waals surface area contributed by atoms with Crippen LogP contribution in [0.3, 0.4) is 0 Å². The Morgan fingerprint density at radius 3 is 2.67 bits per heavy atom. The Morgan fingerprint density at radius 1 is 1.25 bits per heavy atom. The Morgan fingerprint density at radius 2 is 1.96 bits per heavy atom. The van der Waals surface area contributed by atoms with Crippen LogP contribution in [-0.2, 0) is 20.7 Å². The van der Waals surface area contributed by atoms with Crippen molar-refractivity contribution in [2.45, 2.75) is 6.42 Å². The molecule has 0 radical (unpaired) electrons. The molecule has 1 heterocycles. The van der Waals surface area contributed by atoms with Gasteiger partial charge in [0.25, 0.3) is 11.8 Å². The van der Waals surface area contributed by atoms with Crippen molar-refractivity contribution in [2.24, 2.45) is 0 Å². The molecule has 0 saturated carbocycles. The molecule has 6 nitrogen and oxygen atoms in total. The number of quaternary nitrogens is 1. The molecule has 1 unspecified atom stereocenters. The molecule has 1 aromatic carbocycles. The minimum Gasteiger partial charge on any atom is -0.378 e. The van der Waals surface area contributed by atoms with Crippen molar-refractivity contribution >= 4 is 11.8 Å². The highest BCUT2D eigenvalue weighted by molar-refractivity contribution is 5.79. The average molecular weight is 338 g/mol. The third-order valence-electron chi connectivity index (χ3n) is 3.95. The van der Waals surface area contributed by atoms with Crippen molar-refractivity contribution in [3.05, 3.63) is 35.6 Å². The lowest BCUT2D eigenvalue weighted by Gasteiger charge is -2.27. The van der Waals surface area contributed by atoms with E-state index in [4.69, 9.17) is 4.74 Å². The summed E-state index contributed by atoms with van der Waals surface area (Å²) in [7, 11) is 1.81. The number of ether oxygens (including phenoxy) is 1. The van der Waals surface area contributed by atoms with Gasteiger partial charge in [0.2, 0.25) is 0 Å². The van der Waals surface area contributed by atoms with Gasteiger partial charge in [-0.1, -0.05) is 18.2 Å². The molecule has 1 saturated heterocycles. The molecule has 2 amide bonds. The van der Waals surface area contributed by atoms with E-state index in [1.54, 1.807) is 23.1 Å². The van der Waals surface area contributed by atoms with Crippen molar-refractivity contribution in [3.8, 4) is 0 Å². The van der Waals surface area contributed by atoms with Crippen LogP contribution in [-0.4, -0.2) is 69.7 Å². The van der Waals surface area contributed by atoms with Gasteiger partial charge >= 0.3 is 0 Å². The molecule has 1 atom stereocenters. The summed E-state index contributed by atoms with van der Waals surface area (Å²) in [4.78, 5) is 26.6. The SMILES string of the molecule is C[NH+](CC(=O)NCCc1ccccc1F)CC(=O)N1CCOCC1. The number of nitrogens with zero attached hydrogens (tertiary/aromatic N) is 1. The topological polar surface area (TPSA) is 63.1 Å². The molecular formula is C17H25FN3O3+. The minimum absolute atomic E-state index is 0.0370. The summed E-state index contributed by atoms with van der Waals surface area (Å²) >= 11 is 0. The smallest absolute Gasteiger partial charge is 0.277 e. The van der Waals surface area contributed by atoms with Crippen molar-refractivity contribution in [2.75, 3.05) is 53.0 Å². The van der Waals surface area contributed by atoms with Crippen LogP contribution in [0.2, 0.25) is 0 Å². The van der Waals surface area contributed by atoms with Crippen LogP contribution < -0.4 is 10.2 Å². The molecule has 2 rings (SSSR count). The minimum atomic E-state index is -0.259. The summed E-state index contributed by atoms with van der Waals surface area (Å²) < 4.78 is 18.7. The van der Waals surface area contributed by atoms with E-state index < -0.39 is 0 Å². The summed E-state index contributed by atoms with van der Waals surface area (Å²) in [5, 5.41) is 2.77. The van der Waals surface area contributed by atoms with Crippen LogP contribution in [0.15, 0.2) is 24.3 Å². The van der Waals surface area contributed by atoms with Gasteiger partial charge in [-0.05, 0) is 18.1 Å². The predicted molar refractivity (Wildman–Crippen MR) is 87.1 cm³/mol. The predicted octanol–water partition coefficient (Wildman–Crippen LogP) is -1.14. The highest BCUT2D eigenvalue weighted by Crippen LogP contribution is 2.05. The summed E-state index contributed by atoms with van der Waals surface area (Å²) in [5.74, 6) is -0.362. The number of hydrogen-bond acceptors (Lipinski definition) is 3. The molecule has 0 bridgehead atoms. The highest BCUT2D eigenvalue weighted by atomic mass is 19.1. The fourth-order valence-electron chi connectivity index (χ4n) is 2.62. The first-order valence-corrected chi connectivity index (χ1v) is 8.23. The molecule has 132 valence electrons. The van der Waals surface area contributed by atoms with Gasteiger partial charge in [0, 0.05) is 19.6 Å². The van der Waals surface area contributed by atoms with Crippen LogP contribution in [0.4, 0.5) is 4.39 Å². The molecule has 1 aliphatic heterocycles. The molecule has 1 fully saturated rings. The van der Waals surface area contributed by atoms with Crippen molar-refractivity contribution < 1.29 is 23.6 Å². The maximum absolute atomic E-state index is 13.5. The highest BCUT2D eigenvalue weighted by Gasteiger charge is 2.21. The second-order valence-electron chi connectivity index (χ2n) is 6.00. The third-order valence-corrected chi connectivity index (χ3v) is 3.95. The summed E-state index contributed by atoms with van der Waals surface area (Å²) in [6, 6.07) is 6.53. The van der Waals surface area contributed by atoms with Crippen LogP contribution in [0.25, 0.3) is 0 Å². The van der Waals surface area contributed by atoms with Gasteiger partial charge in [0.1, 0.15) is 5.82 Å². The number of carbonyl (C=O) groups excluding carboxylic acids is 2. The van der Waals surface area contributed by atoms with Gasteiger partial charge in [0.15, 0.2) is 13.1 Å². The van der Waals surface area contributed by atoms with Crippen LogP contribution >= 0.6 is 0 Å². The van der Waals surface area contributed by atoms with Gasteiger partial charge in [-0.2, -0.15) is 0 Å². The van der Waals surface area contributed by atoms with E-state index in [-0.39, 0.29) is 30.7 Å². The second kappa shape index (κ2) is 9.34. The largest absolute Gasteiger partial charge is 0.378 e. The quantitative estimate of drug-likeness (QED) is 0.661. The van der Waals surface area contributed by atoms with E-state index in [0.717, 1.165) is 4.90 Å². The average Bonchev–Trinajstić information content (AvgIpc) is 2.57. The number of likely N-dealkylation sites (N-methyl/N-ethyl adjacent to an activating group) is 1. The summed E-state index contributed by atoms with van der Waals surface area (Å²) in [5.41, 5.74) is 0.584. The van der Waals surface area contributed by atoms with Crippen LogP contribution in [0, 0.1) is 5.82 Å². The lowest BCUT2D eigenvalue weighted by molar-refractivity contribution is -0.863. The maximum Gasteiger partial charge on any atom is 0.277 e. The Labute approximate surface area is 141 Å². The van der Waals surface area contributed by atoms with E-state index in [2.05, 4.69) is 5.32 Å². The number of carbonyl (C=O) groups is 2. The van der Waals surface area contributed by atoms with Crippen molar-refractivity contribution in [3.63, 3.8) is 0 Å². The van der Waals surface area contributed by atoms with Crippen molar-refractivity contribution in [1.82, 2.24) is 10.2 Å². The molecule has 0 aromatic heterocycles. The third kappa shape index (κ3) is 5.90. The molecule has 1 aliphatic rings. The normalized spacial score (nSPS) is 15.8. The molecule has 0 aliphatic carbocycles. The first-order valence-electron chi connectivity index (χ1n) is 8.23. The zero-order valence-electron chi connectivity index (χ0n) is 14.0. The Kier molecular flexibility index (Phi) is 7.14. The van der Waals surface area contributed by atoms with E-state index >= 15 is 0 Å². The van der Waals surface area contributed by atoms with Gasteiger partial charge in [0.05, 0.1) is 20.3 Å². The molecule has 1 aromatic rings. The summed E-state index contributed by atoms with van der Waals surface area (Å²) in [6.07, 6.45) is 0.449. The van der Waals surface area contributed by atoms with Crippen LogP contribution in [0.5, 0.6) is 0 Å². The van der Waals surface area contributed by atoms with Crippen LogP contribution in [0.1, 0.15) is 5.56 Å². The lowest BCUT2D eigenvalue weighted by atomic mass is 10.1. The Balaban J connectivity index is 1.66.